The molecule has 1 aliphatic carbocycles. The Morgan fingerprint density at radius 3 is 2.46 bits per heavy atom. The average Bonchev–Trinajstić information content (AvgIpc) is 3.09. The molecule has 2 N–H and O–H groups in total. The first-order valence-electron chi connectivity index (χ1n) is 8.11. The van der Waals surface area contributed by atoms with E-state index in [1.54, 1.807) is 0 Å². The molecule has 5 nitrogen and oxygen atoms in total. The maximum absolute atomic E-state index is 12.8. The van der Waals surface area contributed by atoms with Crippen LogP contribution in [0, 0.1) is 0 Å². The molecule has 1 amide bonds. The Hall–Kier alpha value is -2.35. The molecule has 1 saturated carbocycles. The van der Waals surface area contributed by atoms with E-state index in [0.29, 0.717) is 0 Å². The summed E-state index contributed by atoms with van der Waals surface area (Å²) in [6.07, 6.45) is -0.386. The first-order chi connectivity index (χ1) is 12.3. The largest absolute Gasteiger partial charge is 0.416 e. The van der Waals surface area contributed by atoms with Gasteiger partial charge in [0.05, 0.1) is 16.3 Å². The molecule has 1 heterocycles. The van der Waals surface area contributed by atoms with E-state index in [0.717, 1.165) is 43.9 Å². The van der Waals surface area contributed by atoms with Gasteiger partial charge in [0.15, 0.2) is 11.5 Å². The molecule has 0 aliphatic heterocycles. The van der Waals surface area contributed by atoms with Crippen molar-refractivity contribution in [2.45, 2.75) is 37.9 Å². The molecule has 138 valence electrons. The fourth-order valence-corrected chi connectivity index (χ4v) is 2.95. The van der Waals surface area contributed by atoms with Crippen molar-refractivity contribution in [2.24, 2.45) is 0 Å². The third kappa shape index (κ3) is 4.43. The highest BCUT2D eigenvalue weighted by Gasteiger charge is 2.31. The van der Waals surface area contributed by atoms with Crippen LogP contribution in [-0.2, 0) is 6.18 Å². The first-order valence-corrected chi connectivity index (χ1v) is 8.49. The summed E-state index contributed by atoms with van der Waals surface area (Å²) in [5, 5.41) is 13.4. The van der Waals surface area contributed by atoms with E-state index in [-0.39, 0.29) is 34.2 Å². The topological polar surface area (TPSA) is 66.9 Å². The van der Waals surface area contributed by atoms with Crippen LogP contribution in [0.5, 0.6) is 0 Å². The number of aromatic nitrogens is 2. The van der Waals surface area contributed by atoms with Crippen LogP contribution in [0.1, 0.15) is 41.7 Å². The number of benzene rings is 1. The first kappa shape index (κ1) is 18.4. The van der Waals surface area contributed by atoms with Crippen LogP contribution in [0.15, 0.2) is 30.3 Å². The standard InChI is InChI=1S/C17H16ClF3N4O/c18-12-6-5-10(17(19,20)21)9-14(12)23-15-8-7-13(24-25-15)16(26)22-11-3-1-2-4-11/h5-9,11H,1-4H2,(H,22,26)(H,23,25). The van der Waals surface area contributed by atoms with Crippen LogP contribution >= 0.6 is 11.6 Å². The summed E-state index contributed by atoms with van der Waals surface area (Å²) in [7, 11) is 0. The van der Waals surface area contributed by atoms with E-state index >= 15 is 0 Å². The van der Waals surface area contributed by atoms with Crippen LogP contribution in [0.4, 0.5) is 24.7 Å². The Balaban J connectivity index is 1.70. The second kappa shape index (κ2) is 7.49. The summed E-state index contributed by atoms with van der Waals surface area (Å²) in [5.74, 6) is -0.128. The number of carbonyl (C=O) groups excluding carboxylic acids is 1. The van der Waals surface area contributed by atoms with E-state index in [9.17, 15) is 18.0 Å². The number of nitrogens with zero attached hydrogens (tertiary/aromatic N) is 2. The van der Waals surface area contributed by atoms with Gasteiger partial charge in [-0.3, -0.25) is 4.79 Å². The van der Waals surface area contributed by atoms with Gasteiger partial charge in [-0.15, -0.1) is 10.2 Å². The summed E-state index contributed by atoms with van der Waals surface area (Å²) in [6, 6.07) is 6.03. The Morgan fingerprint density at radius 2 is 1.85 bits per heavy atom. The number of anilines is 2. The molecule has 1 aromatic carbocycles. The monoisotopic (exact) mass is 384 g/mol. The van der Waals surface area contributed by atoms with Gasteiger partial charge >= 0.3 is 6.18 Å². The molecule has 0 spiro atoms. The molecular formula is C17H16ClF3N4O. The lowest BCUT2D eigenvalue weighted by molar-refractivity contribution is -0.137. The average molecular weight is 385 g/mol. The van der Waals surface area contributed by atoms with Crippen LogP contribution in [0.25, 0.3) is 0 Å². The quantitative estimate of drug-likeness (QED) is 0.810. The van der Waals surface area contributed by atoms with Crippen molar-refractivity contribution in [3.8, 4) is 0 Å². The molecule has 1 aliphatic rings. The van der Waals surface area contributed by atoms with Gasteiger partial charge < -0.3 is 10.6 Å². The molecule has 0 saturated heterocycles. The second-order valence-corrected chi connectivity index (χ2v) is 6.48. The molecule has 0 radical (unpaired) electrons. The third-order valence-electron chi connectivity index (χ3n) is 4.14. The molecule has 0 atom stereocenters. The number of amides is 1. The molecule has 1 aromatic heterocycles. The summed E-state index contributed by atoms with van der Waals surface area (Å²) in [5.41, 5.74) is -0.624. The zero-order valence-corrected chi connectivity index (χ0v) is 14.4. The van der Waals surface area contributed by atoms with Gasteiger partial charge in [0.1, 0.15) is 0 Å². The van der Waals surface area contributed by atoms with E-state index in [2.05, 4.69) is 20.8 Å². The Morgan fingerprint density at radius 1 is 1.12 bits per heavy atom. The maximum atomic E-state index is 12.8. The summed E-state index contributed by atoms with van der Waals surface area (Å²) < 4.78 is 38.4. The van der Waals surface area contributed by atoms with Gasteiger partial charge in [0, 0.05) is 6.04 Å². The van der Waals surface area contributed by atoms with Crippen molar-refractivity contribution < 1.29 is 18.0 Å². The molecular weight excluding hydrogens is 369 g/mol. The molecule has 26 heavy (non-hydrogen) atoms. The number of rotatable bonds is 4. The normalized spacial score (nSPS) is 15.1. The van der Waals surface area contributed by atoms with E-state index < -0.39 is 11.7 Å². The van der Waals surface area contributed by atoms with Crippen molar-refractivity contribution in [2.75, 3.05) is 5.32 Å². The number of hydrogen-bond acceptors (Lipinski definition) is 4. The van der Waals surface area contributed by atoms with Gasteiger partial charge in [0.2, 0.25) is 0 Å². The SMILES string of the molecule is O=C(NC1CCCC1)c1ccc(Nc2cc(C(F)(F)F)ccc2Cl)nn1. The van der Waals surface area contributed by atoms with Gasteiger partial charge in [-0.05, 0) is 43.2 Å². The highest BCUT2D eigenvalue weighted by Crippen LogP contribution is 2.34. The van der Waals surface area contributed by atoms with Crippen molar-refractivity contribution in [3.05, 3.63) is 46.6 Å². The van der Waals surface area contributed by atoms with Crippen LogP contribution in [-0.4, -0.2) is 22.1 Å². The number of carbonyl (C=O) groups is 1. The minimum Gasteiger partial charge on any atom is -0.348 e. The third-order valence-corrected chi connectivity index (χ3v) is 4.47. The zero-order valence-electron chi connectivity index (χ0n) is 13.6. The predicted molar refractivity (Wildman–Crippen MR) is 91.5 cm³/mol. The highest BCUT2D eigenvalue weighted by molar-refractivity contribution is 6.33. The van der Waals surface area contributed by atoms with E-state index in [4.69, 9.17) is 11.6 Å². The fraction of sp³-hybridized carbons (Fsp3) is 0.353. The predicted octanol–water partition coefficient (Wildman–Crippen LogP) is 4.56. The van der Waals surface area contributed by atoms with Gasteiger partial charge in [-0.25, -0.2) is 0 Å². The van der Waals surface area contributed by atoms with E-state index in [1.165, 1.54) is 12.1 Å². The number of nitrogens with one attached hydrogen (secondary N) is 2. The number of alkyl halides is 3. The van der Waals surface area contributed by atoms with Gasteiger partial charge in [-0.1, -0.05) is 24.4 Å². The summed E-state index contributed by atoms with van der Waals surface area (Å²) in [6.45, 7) is 0. The van der Waals surface area contributed by atoms with Crippen molar-refractivity contribution in [3.63, 3.8) is 0 Å². The fourth-order valence-electron chi connectivity index (χ4n) is 2.78. The van der Waals surface area contributed by atoms with Crippen molar-refractivity contribution >= 4 is 29.0 Å². The second-order valence-electron chi connectivity index (χ2n) is 6.08. The smallest absolute Gasteiger partial charge is 0.348 e. The van der Waals surface area contributed by atoms with Crippen LogP contribution < -0.4 is 10.6 Å². The van der Waals surface area contributed by atoms with E-state index in [1.807, 2.05) is 0 Å². The minimum absolute atomic E-state index is 0.0546. The van der Waals surface area contributed by atoms with Crippen LogP contribution in [0.3, 0.4) is 0 Å². The lowest BCUT2D eigenvalue weighted by Gasteiger charge is -2.12. The van der Waals surface area contributed by atoms with Crippen molar-refractivity contribution in [1.82, 2.24) is 15.5 Å². The molecule has 0 unspecified atom stereocenters. The lowest BCUT2D eigenvalue weighted by Crippen LogP contribution is -2.33. The lowest BCUT2D eigenvalue weighted by atomic mass is 10.2. The maximum Gasteiger partial charge on any atom is 0.416 e. The summed E-state index contributed by atoms with van der Waals surface area (Å²) in [4.78, 5) is 12.1. The molecule has 9 heteroatoms. The van der Waals surface area contributed by atoms with Gasteiger partial charge in [0.25, 0.3) is 5.91 Å². The molecule has 0 bridgehead atoms. The van der Waals surface area contributed by atoms with Crippen LogP contribution in [0.2, 0.25) is 5.02 Å². The zero-order chi connectivity index (χ0) is 18.7. The minimum atomic E-state index is -4.48. The summed E-state index contributed by atoms with van der Waals surface area (Å²) >= 11 is 5.93. The molecule has 3 rings (SSSR count). The molecule has 1 fully saturated rings. The van der Waals surface area contributed by atoms with Crippen molar-refractivity contribution in [1.29, 1.82) is 0 Å². The highest BCUT2D eigenvalue weighted by atomic mass is 35.5. The van der Waals surface area contributed by atoms with Gasteiger partial charge in [-0.2, -0.15) is 13.2 Å². The number of halogens is 4. The Labute approximate surface area is 153 Å². The molecule has 2 aromatic rings. The Kier molecular flexibility index (Phi) is 5.31. The number of hydrogen-bond donors (Lipinski definition) is 2. The Bertz CT molecular complexity index is 790.